The molecule has 1 unspecified atom stereocenters. The average molecular weight is 328 g/mol. The van der Waals surface area contributed by atoms with Gasteiger partial charge in [-0.3, -0.25) is 0 Å². The zero-order valence-corrected chi connectivity index (χ0v) is 13.6. The number of anilines is 1. The predicted octanol–water partition coefficient (Wildman–Crippen LogP) is 4.39. The first-order valence-corrected chi connectivity index (χ1v) is 7.90. The molecule has 4 nitrogen and oxygen atoms in total. The van der Waals surface area contributed by atoms with Crippen molar-refractivity contribution in [3.05, 3.63) is 65.2 Å². The van der Waals surface area contributed by atoms with Gasteiger partial charge in [0.05, 0.1) is 0 Å². The average Bonchev–Trinajstić information content (AvgIpc) is 2.89. The Kier molecular flexibility index (Phi) is 4.63. The molecule has 1 N–H and O–H groups in total. The lowest BCUT2D eigenvalue weighted by molar-refractivity contribution is 0.259. The molecule has 0 saturated carbocycles. The quantitative estimate of drug-likeness (QED) is 0.889. The van der Waals surface area contributed by atoms with Crippen LogP contribution in [0.4, 0.5) is 10.5 Å². The van der Waals surface area contributed by atoms with Crippen LogP contribution >= 0.6 is 11.6 Å². The fraction of sp³-hybridized carbons (Fsp3) is 0.222. The Morgan fingerprint density at radius 3 is 2.74 bits per heavy atom. The lowest BCUT2D eigenvalue weighted by Gasteiger charge is -2.12. The van der Waals surface area contributed by atoms with Gasteiger partial charge in [0.1, 0.15) is 5.84 Å². The highest BCUT2D eigenvalue weighted by atomic mass is 35.5. The van der Waals surface area contributed by atoms with E-state index in [1.54, 1.807) is 24.3 Å². The fourth-order valence-electron chi connectivity index (χ4n) is 2.79. The lowest BCUT2D eigenvalue weighted by atomic mass is 9.98. The molecular formula is C18H18ClN3O. The maximum absolute atomic E-state index is 12.1. The van der Waals surface area contributed by atoms with Gasteiger partial charge in [-0.05, 0) is 23.8 Å². The molecule has 5 heteroatoms. The molecule has 0 radical (unpaired) electrons. The van der Waals surface area contributed by atoms with Crippen molar-refractivity contribution in [3.8, 4) is 0 Å². The molecule has 1 saturated heterocycles. The number of hydrogen-bond acceptors (Lipinski definition) is 1. The van der Waals surface area contributed by atoms with Crippen molar-refractivity contribution in [3.63, 3.8) is 0 Å². The van der Waals surface area contributed by atoms with Crippen molar-refractivity contribution in [2.24, 2.45) is 4.99 Å². The number of halogens is 1. The van der Waals surface area contributed by atoms with E-state index in [0.717, 1.165) is 18.8 Å². The largest absolute Gasteiger partial charge is 0.362 e. The summed E-state index contributed by atoms with van der Waals surface area (Å²) in [4.78, 5) is 18.3. The van der Waals surface area contributed by atoms with Crippen molar-refractivity contribution in [1.29, 1.82) is 0 Å². The maximum atomic E-state index is 12.1. The molecule has 0 aromatic heterocycles. The van der Waals surface area contributed by atoms with Crippen LogP contribution in [0.15, 0.2) is 59.6 Å². The fourth-order valence-corrected chi connectivity index (χ4v) is 2.98. The van der Waals surface area contributed by atoms with Crippen LogP contribution in [0.5, 0.6) is 0 Å². The van der Waals surface area contributed by atoms with Gasteiger partial charge in [0.15, 0.2) is 0 Å². The van der Waals surface area contributed by atoms with Crippen molar-refractivity contribution in [1.82, 2.24) is 4.90 Å². The van der Waals surface area contributed by atoms with E-state index in [-0.39, 0.29) is 6.03 Å². The summed E-state index contributed by atoms with van der Waals surface area (Å²) in [5, 5.41) is 3.33. The first kappa shape index (κ1) is 15.6. The first-order chi connectivity index (χ1) is 11.1. The summed E-state index contributed by atoms with van der Waals surface area (Å²) >= 11 is 5.91. The number of benzene rings is 2. The molecule has 0 bridgehead atoms. The van der Waals surface area contributed by atoms with E-state index in [1.807, 2.05) is 30.1 Å². The molecule has 1 atom stereocenters. The van der Waals surface area contributed by atoms with E-state index in [0.29, 0.717) is 16.6 Å². The molecule has 1 fully saturated rings. The van der Waals surface area contributed by atoms with Crippen molar-refractivity contribution < 1.29 is 4.79 Å². The van der Waals surface area contributed by atoms with E-state index in [2.05, 4.69) is 22.4 Å². The predicted molar refractivity (Wildman–Crippen MR) is 94.3 cm³/mol. The zero-order valence-electron chi connectivity index (χ0n) is 12.9. The van der Waals surface area contributed by atoms with E-state index in [9.17, 15) is 4.79 Å². The van der Waals surface area contributed by atoms with Crippen LogP contribution in [0.2, 0.25) is 5.02 Å². The topological polar surface area (TPSA) is 44.7 Å². The third kappa shape index (κ3) is 3.90. The van der Waals surface area contributed by atoms with Crippen molar-refractivity contribution in [2.45, 2.75) is 12.3 Å². The summed E-state index contributed by atoms with van der Waals surface area (Å²) in [5.41, 5.74) is 1.92. The van der Waals surface area contributed by atoms with Gasteiger partial charge < -0.3 is 10.2 Å². The van der Waals surface area contributed by atoms with Gasteiger partial charge in [0.2, 0.25) is 0 Å². The molecule has 2 aromatic rings. The summed E-state index contributed by atoms with van der Waals surface area (Å²) in [6.07, 6.45) is 0.767. The summed E-state index contributed by atoms with van der Waals surface area (Å²) in [7, 11) is 1.97. The summed E-state index contributed by atoms with van der Waals surface area (Å²) in [6.45, 7) is 0.868. The second kappa shape index (κ2) is 6.84. The number of likely N-dealkylation sites (tertiary alicyclic amines) is 1. The van der Waals surface area contributed by atoms with E-state index in [4.69, 9.17) is 11.6 Å². The van der Waals surface area contributed by atoms with Gasteiger partial charge in [-0.15, -0.1) is 0 Å². The van der Waals surface area contributed by atoms with Gasteiger partial charge in [-0.1, -0.05) is 48.0 Å². The molecule has 2 amide bonds. The Labute approximate surface area is 140 Å². The summed E-state index contributed by atoms with van der Waals surface area (Å²) in [6, 6.07) is 17.0. The van der Waals surface area contributed by atoms with Crippen molar-refractivity contribution >= 4 is 29.2 Å². The van der Waals surface area contributed by atoms with E-state index < -0.39 is 0 Å². The van der Waals surface area contributed by atoms with Crippen LogP contribution in [0.25, 0.3) is 0 Å². The SMILES string of the molecule is CN1CC(c2ccccc2)CC1=NC(=O)Nc1cccc(Cl)c1. The highest BCUT2D eigenvalue weighted by molar-refractivity contribution is 6.30. The monoisotopic (exact) mass is 327 g/mol. The van der Waals surface area contributed by atoms with Crippen LogP contribution in [-0.2, 0) is 0 Å². The molecule has 118 valence electrons. The zero-order chi connectivity index (χ0) is 16.2. The summed E-state index contributed by atoms with van der Waals surface area (Å²) in [5.74, 6) is 1.18. The van der Waals surface area contributed by atoms with Gasteiger partial charge in [0, 0.05) is 36.6 Å². The molecule has 1 aliphatic heterocycles. The number of aliphatic imine (C=N–C) groups is 1. The Balaban J connectivity index is 1.68. The third-order valence-electron chi connectivity index (χ3n) is 3.94. The second-order valence-electron chi connectivity index (χ2n) is 5.66. The Bertz CT molecular complexity index is 730. The summed E-state index contributed by atoms with van der Waals surface area (Å²) < 4.78 is 0. The van der Waals surface area contributed by atoms with Gasteiger partial charge in [-0.2, -0.15) is 4.99 Å². The molecule has 1 aliphatic rings. The number of nitrogens with zero attached hydrogens (tertiary/aromatic N) is 2. The molecule has 23 heavy (non-hydrogen) atoms. The van der Waals surface area contributed by atoms with Crippen LogP contribution in [0.1, 0.15) is 17.9 Å². The van der Waals surface area contributed by atoms with Gasteiger partial charge in [0.25, 0.3) is 0 Å². The highest BCUT2D eigenvalue weighted by Crippen LogP contribution is 2.27. The molecule has 0 spiro atoms. The number of urea groups is 1. The molecule has 2 aromatic carbocycles. The number of likely N-dealkylation sites (N-methyl/N-ethyl adjacent to an activating group) is 1. The maximum Gasteiger partial charge on any atom is 0.347 e. The van der Waals surface area contributed by atoms with E-state index in [1.165, 1.54) is 5.56 Å². The smallest absolute Gasteiger partial charge is 0.347 e. The highest BCUT2D eigenvalue weighted by Gasteiger charge is 2.27. The number of rotatable bonds is 2. The molecule has 1 heterocycles. The standard InChI is InChI=1S/C18H18ClN3O/c1-22-12-14(13-6-3-2-4-7-13)10-17(22)21-18(23)20-16-9-5-8-15(19)11-16/h2-9,11,14H,10,12H2,1H3,(H,20,23). The number of amides is 2. The third-order valence-corrected chi connectivity index (χ3v) is 4.18. The Morgan fingerprint density at radius 2 is 2.00 bits per heavy atom. The van der Waals surface area contributed by atoms with Crippen LogP contribution in [-0.4, -0.2) is 30.4 Å². The molecular weight excluding hydrogens is 310 g/mol. The van der Waals surface area contributed by atoms with Crippen molar-refractivity contribution in [2.75, 3.05) is 18.9 Å². The van der Waals surface area contributed by atoms with E-state index >= 15 is 0 Å². The van der Waals surface area contributed by atoms with Crippen LogP contribution in [0.3, 0.4) is 0 Å². The second-order valence-corrected chi connectivity index (χ2v) is 6.10. The first-order valence-electron chi connectivity index (χ1n) is 7.52. The number of hydrogen-bond donors (Lipinski definition) is 1. The van der Waals surface area contributed by atoms with Gasteiger partial charge >= 0.3 is 6.03 Å². The number of nitrogens with one attached hydrogen (secondary N) is 1. The number of carbonyl (C=O) groups excluding carboxylic acids is 1. The Hall–Kier alpha value is -2.33. The minimum Gasteiger partial charge on any atom is -0.362 e. The minimum atomic E-state index is -0.372. The lowest BCUT2D eigenvalue weighted by Crippen LogP contribution is -2.22. The number of carbonyl (C=O) groups is 1. The van der Waals surface area contributed by atoms with Gasteiger partial charge in [-0.25, -0.2) is 4.79 Å². The molecule has 0 aliphatic carbocycles. The minimum absolute atomic E-state index is 0.372. The normalized spacial score (nSPS) is 19.1. The molecule has 3 rings (SSSR count). The van der Waals surface area contributed by atoms with Crippen LogP contribution in [0, 0.1) is 0 Å². The van der Waals surface area contributed by atoms with Crippen LogP contribution < -0.4 is 5.32 Å². The number of amidine groups is 1. The Morgan fingerprint density at radius 1 is 1.22 bits per heavy atom.